The van der Waals surface area contributed by atoms with Crippen molar-refractivity contribution in [3.63, 3.8) is 0 Å². The minimum Gasteiger partial charge on any atom is -0.508 e. The molecular weight excluding hydrogens is 306 g/mol. The van der Waals surface area contributed by atoms with Crippen LogP contribution in [0.5, 0.6) is 11.5 Å². The Labute approximate surface area is 140 Å². The van der Waals surface area contributed by atoms with Crippen LogP contribution in [0.3, 0.4) is 0 Å². The van der Waals surface area contributed by atoms with Gasteiger partial charge in [-0.1, -0.05) is 17.7 Å². The van der Waals surface area contributed by atoms with Crippen LogP contribution in [0.15, 0.2) is 41.5 Å². The summed E-state index contributed by atoms with van der Waals surface area (Å²) in [5.41, 5.74) is 6.44. The third kappa shape index (κ3) is 4.49. The zero-order chi connectivity index (χ0) is 17.7. The van der Waals surface area contributed by atoms with E-state index >= 15 is 0 Å². The quantitative estimate of drug-likeness (QED) is 0.502. The number of carbonyl (C=O) groups excluding carboxylic acids is 1. The van der Waals surface area contributed by atoms with Crippen LogP contribution in [0.2, 0.25) is 0 Å². The molecular formula is C18H21N3O3. The minimum atomic E-state index is -0.299. The van der Waals surface area contributed by atoms with E-state index < -0.39 is 0 Å². The highest BCUT2D eigenvalue weighted by Crippen LogP contribution is 2.23. The van der Waals surface area contributed by atoms with Crippen molar-refractivity contribution in [2.45, 2.75) is 20.8 Å². The molecule has 0 atom stereocenters. The fourth-order valence-corrected chi connectivity index (χ4v) is 2.26. The SMILES string of the molecule is CC(=NNC(=O)CNc1ccc(C)cc1C)c1ccc(O)cc1O. The lowest BCUT2D eigenvalue weighted by atomic mass is 10.1. The van der Waals surface area contributed by atoms with Gasteiger partial charge in [0.15, 0.2) is 0 Å². The lowest BCUT2D eigenvalue weighted by Crippen LogP contribution is -2.27. The molecule has 0 fully saturated rings. The molecule has 2 aromatic carbocycles. The monoisotopic (exact) mass is 327 g/mol. The van der Waals surface area contributed by atoms with Crippen LogP contribution in [0.1, 0.15) is 23.6 Å². The molecule has 4 N–H and O–H groups in total. The topological polar surface area (TPSA) is 94.0 Å². The molecule has 0 spiro atoms. The molecule has 0 aliphatic heterocycles. The van der Waals surface area contributed by atoms with Crippen molar-refractivity contribution < 1.29 is 15.0 Å². The van der Waals surface area contributed by atoms with Crippen molar-refractivity contribution in [1.29, 1.82) is 0 Å². The number of anilines is 1. The van der Waals surface area contributed by atoms with E-state index in [2.05, 4.69) is 15.8 Å². The number of nitrogens with one attached hydrogen (secondary N) is 2. The average Bonchev–Trinajstić information content (AvgIpc) is 2.51. The molecule has 0 aromatic heterocycles. The van der Waals surface area contributed by atoms with Gasteiger partial charge in [0.2, 0.25) is 0 Å². The number of hydrogen-bond donors (Lipinski definition) is 4. The van der Waals surface area contributed by atoms with Gasteiger partial charge in [-0.05, 0) is 44.5 Å². The normalized spacial score (nSPS) is 11.2. The maximum atomic E-state index is 11.9. The Hall–Kier alpha value is -3.02. The fourth-order valence-electron chi connectivity index (χ4n) is 2.26. The molecule has 0 unspecified atom stereocenters. The number of hydrazone groups is 1. The highest BCUT2D eigenvalue weighted by molar-refractivity contribution is 6.01. The van der Waals surface area contributed by atoms with Gasteiger partial charge in [0.25, 0.3) is 5.91 Å². The summed E-state index contributed by atoms with van der Waals surface area (Å²) in [6.45, 7) is 5.73. The second kappa shape index (κ2) is 7.50. The smallest absolute Gasteiger partial charge is 0.259 e. The van der Waals surface area contributed by atoms with Gasteiger partial charge in [0.05, 0.1) is 12.3 Å². The molecule has 2 rings (SSSR count). The third-order valence-corrected chi connectivity index (χ3v) is 3.54. The van der Waals surface area contributed by atoms with E-state index in [0.717, 1.165) is 16.8 Å². The summed E-state index contributed by atoms with van der Waals surface area (Å²) in [6.07, 6.45) is 0. The van der Waals surface area contributed by atoms with E-state index in [1.54, 1.807) is 6.92 Å². The first-order valence-corrected chi connectivity index (χ1v) is 7.53. The molecule has 2 aromatic rings. The van der Waals surface area contributed by atoms with Crippen molar-refractivity contribution in [3.05, 3.63) is 53.1 Å². The minimum absolute atomic E-state index is 0.0363. The molecule has 6 nitrogen and oxygen atoms in total. The van der Waals surface area contributed by atoms with E-state index in [1.807, 2.05) is 32.0 Å². The van der Waals surface area contributed by atoms with Gasteiger partial charge in [-0.15, -0.1) is 0 Å². The van der Waals surface area contributed by atoms with Gasteiger partial charge in [-0.25, -0.2) is 5.43 Å². The van der Waals surface area contributed by atoms with Crippen molar-refractivity contribution in [2.75, 3.05) is 11.9 Å². The van der Waals surface area contributed by atoms with Gasteiger partial charge < -0.3 is 15.5 Å². The van der Waals surface area contributed by atoms with Crippen LogP contribution >= 0.6 is 0 Å². The first kappa shape index (κ1) is 17.3. The van der Waals surface area contributed by atoms with Gasteiger partial charge in [-0.3, -0.25) is 4.79 Å². The van der Waals surface area contributed by atoms with Gasteiger partial charge in [-0.2, -0.15) is 5.10 Å². The number of phenols is 2. The number of benzene rings is 2. The lowest BCUT2D eigenvalue weighted by Gasteiger charge is -2.10. The predicted molar refractivity (Wildman–Crippen MR) is 94.5 cm³/mol. The van der Waals surface area contributed by atoms with Crippen LogP contribution in [0, 0.1) is 13.8 Å². The second-order valence-electron chi connectivity index (χ2n) is 5.61. The summed E-state index contributed by atoms with van der Waals surface area (Å²) in [5, 5.41) is 26.1. The molecule has 0 saturated heterocycles. The zero-order valence-corrected chi connectivity index (χ0v) is 13.9. The molecule has 0 radical (unpaired) electrons. The Kier molecular flexibility index (Phi) is 5.42. The summed E-state index contributed by atoms with van der Waals surface area (Å²) < 4.78 is 0. The molecule has 0 saturated carbocycles. The first-order chi connectivity index (χ1) is 11.4. The average molecular weight is 327 g/mol. The molecule has 24 heavy (non-hydrogen) atoms. The van der Waals surface area contributed by atoms with Gasteiger partial charge in [0.1, 0.15) is 11.5 Å². The Morgan fingerprint density at radius 2 is 1.88 bits per heavy atom. The van der Waals surface area contributed by atoms with E-state index in [9.17, 15) is 15.0 Å². The lowest BCUT2D eigenvalue weighted by molar-refractivity contribution is -0.119. The highest BCUT2D eigenvalue weighted by atomic mass is 16.3. The molecule has 126 valence electrons. The van der Waals surface area contributed by atoms with Crippen molar-refractivity contribution in [2.24, 2.45) is 5.10 Å². The molecule has 0 bridgehead atoms. The maximum absolute atomic E-state index is 11.9. The van der Waals surface area contributed by atoms with Crippen molar-refractivity contribution in [3.8, 4) is 11.5 Å². The number of aryl methyl sites for hydroxylation is 2. The van der Waals surface area contributed by atoms with Crippen molar-refractivity contribution >= 4 is 17.3 Å². The maximum Gasteiger partial charge on any atom is 0.259 e. The Bertz CT molecular complexity index is 785. The number of carbonyl (C=O) groups is 1. The Balaban J connectivity index is 1.94. The number of phenolic OH excluding ortho intramolecular Hbond substituents is 2. The molecule has 0 aliphatic rings. The van der Waals surface area contributed by atoms with Crippen LogP contribution in [-0.4, -0.2) is 28.4 Å². The number of amides is 1. The summed E-state index contributed by atoms with van der Waals surface area (Å²) in [4.78, 5) is 11.9. The molecule has 1 amide bonds. The van der Waals surface area contributed by atoms with Crippen LogP contribution < -0.4 is 10.7 Å². The number of aromatic hydroxyl groups is 2. The summed E-state index contributed by atoms with van der Waals surface area (Å²) in [6, 6.07) is 10.1. The van der Waals surface area contributed by atoms with Crippen LogP contribution in [0.4, 0.5) is 5.69 Å². The molecule has 0 heterocycles. The number of hydrogen-bond acceptors (Lipinski definition) is 5. The Morgan fingerprint density at radius 3 is 2.54 bits per heavy atom. The number of nitrogens with zero attached hydrogens (tertiary/aromatic N) is 1. The van der Waals surface area contributed by atoms with E-state index in [4.69, 9.17) is 0 Å². The fraction of sp³-hybridized carbons (Fsp3) is 0.222. The number of rotatable bonds is 5. The Morgan fingerprint density at radius 1 is 1.12 bits per heavy atom. The van der Waals surface area contributed by atoms with E-state index in [1.165, 1.54) is 18.2 Å². The summed E-state index contributed by atoms with van der Waals surface area (Å²) >= 11 is 0. The predicted octanol–water partition coefficient (Wildman–Crippen LogP) is 2.67. The summed E-state index contributed by atoms with van der Waals surface area (Å²) in [7, 11) is 0. The van der Waals surface area contributed by atoms with E-state index in [-0.39, 0.29) is 24.0 Å². The highest BCUT2D eigenvalue weighted by Gasteiger charge is 2.07. The van der Waals surface area contributed by atoms with Gasteiger partial charge in [0, 0.05) is 17.3 Å². The standard InChI is InChI=1S/C18H21N3O3/c1-11-4-7-16(12(2)8-11)19-10-18(24)21-20-13(3)15-6-5-14(22)9-17(15)23/h4-9,19,22-23H,10H2,1-3H3,(H,21,24). The van der Waals surface area contributed by atoms with Crippen LogP contribution in [0.25, 0.3) is 0 Å². The van der Waals surface area contributed by atoms with Gasteiger partial charge >= 0.3 is 0 Å². The zero-order valence-electron chi connectivity index (χ0n) is 13.9. The van der Waals surface area contributed by atoms with Crippen LogP contribution in [-0.2, 0) is 4.79 Å². The summed E-state index contributed by atoms with van der Waals surface area (Å²) in [5.74, 6) is -0.433. The third-order valence-electron chi connectivity index (χ3n) is 3.54. The van der Waals surface area contributed by atoms with Crippen molar-refractivity contribution in [1.82, 2.24) is 5.43 Å². The second-order valence-corrected chi connectivity index (χ2v) is 5.61. The molecule has 0 aliphatic carbocycles. The first-order valence-electron chi connectivity index (χ1n) is 7.53. The van der Waals surface area contributed by atoms with E-state index in [0.29, 0.717) is 11.3 Å². The largest absolute Gasteiger partial charge is 0.508 e. The molecule has 6 heteroatoms.